The molecular formula is C15H15N3O3S. The number of nitriles is 1. The minimum absolute atomic E-state index is 0.132. The Morgan fingerprint density at radius 2 is 2.23 bits per heavy atom. The van der Waals surface area contributed by atoms with E-state index in [-0.39, 0.29) is 11.3 Å². The number of nitrogens with one attached hydrogen (secondary N) is 1. The van der Waals surface area contributed by atoms with Crippen LogP contribution in [0.25, 0.3) is 0 Å². The van der Waals surface area contributed by atoms with E-state index in [2.05, 4.69) is 11.4 Å². The fourth-order valence-electron chi connectivity index (χ4n) is 3.17. The molecule has 3 rings (SSSR count). The second-order valence-corrected chi connectivity index (χ2v) is 6.73. The topological polar surface area (TPSA) is 93.4 Å². The molecule has 0 spiro atoms. The summed E-state index contributed by atoms with van der Waals surface area (Å²) in [6.07, 6.45) is -0.537. The maximum absolute atomic E-state index is 12.9. The summed E-state index contributed by atoms with van der Waals surface area (Å²) in [5.74, 6) is 0.293. The lowest BCUT2D eigenvalue weighted by atomic mass is 9.89. The second-order valence-electron chi connectivity index (χ2n) is 5.52. The van der Waals surface area contributed by atoms with Crippen molar-refractivity contribution in [2.75, 3.05) is 5.75 Å². The lowest BCUT2D eigenvalue weighted by molar-refractivity contribution is -0.133. The quantitative estimate of drug-likeness (QED) is 0.879. The van der Waals surface area contributed by atoms with Crippen LogP contribution >= 0.6 is 11.8 Å². The molecule has 2 heterocycles. The average Bonchev–Trinajstić information content (AvgIpc) is 2.99. The minimum Gasteiger partial charge on any atom is -0.465 e. The van der Waals surface area contributed by atoms with Crippen molar-refractivity contribution in [2.24, 2.45) is 0 Å². The molecule has 2 aliphatic heterocycles. The average molecular weight is 317 g/mol. The third-order valence-corrected chi connectivity index (χ3v) is 5.39. The van der Waals surface area contributed by atoms with Crippen molar-refractivity contribution in [3.05, 3.63) is 35.9 Å². The molecule has 3 atom stereocenters. The first-order valence-corrected chi connectivity index (χ1v) is 8.00. The number of benzene rings is 1. The van der Waals surface area contributed by atoms with Crippen LogP contribution in [0, 0.1) is 11.3 Å². The van der Waals surface area contributed by atoms with Gasteiger partial charge in [-0.3, -0.25) is 4.79 Å². The van der Waals surface area contributed by atoms with Crippen molar-refractivity contribution in [1.29, 1.82) is 5.26 Å². The SMILES string of the molecule is N#C[C@@H]1CS[C@H]2C[C@@](Cc3ccccc3)(NC(=O)O)C(=O)N12. The molecule has 6 nitrogen and oxygen atoms in total. The summed E-state index contributed by atoms with van der Waals surface area (Å²) in [6.45, 7) is 0. The maximum atomic E-state index is 12.9. The maximum Gasteiger partial charge on any atom is 0.405 e. The Morgan fingerprint density at radius 3 is 2.86 bits per heavy atom. The van der Waals surface area contributed by atoms with Crippen LogP contribution in [-0.4, -0.2) is 44.7 Å². The summed E-state index contributed by atoms with van der Waals surface area (Å²) in [7, 11) is 0. The highest BCUT2D eigenvalue weighted by Crippen LogP contribution is 2.43. The van der Waals surface area contributed by atoms with Crippen molar-refractivity contribution >= 4 is 23.8 Å². The molecule has 0 saturated carbocycles. The van der Waals surface area contributed by atoms with E-state index in [4.69, 9.17) is 5.11 Å². The van der Waals surface area contributed by atoms with Gasteiger partial charge in [-0.25, -0.2) is 4.79 Å². The number of carboxylic acid groups (broad SMARTS) is 1. The Balaban J connectivity index is 1.93. The fraction of sp³-hybridized carbons (Fsp3) is 0.400. The highest BCUT2D eigenvalue weighted by molar-refractivity contribution is 8.00. The summed E-state index contributed by atoms with van der Waals surface area (Å²) in [5.41, 5.74) is -0.287. The van der Waals surface area contributed by atoms with Gasteiger partial charge < -0.3 is 15.3 Å². The van der Waals surface area contributed by atoms with E-state index in [1.165, 1.54) is 11.8 Å². The van der Waals surface area contributed by atoms with Gasteiger partial charge >= 0.3 is 6.09 Å². The molecule has 2 aliphatic rings. The van der Waals surface area contributed by atoms with Crippen LogP contribution < -0.4 is 5.32 Å². The molecule has 0 bridgehead atoms. The summed E-state index contributed by atoms with van der Waals surface area (Å²) >= 11 is 1.54. The molecule has 2 saturated heterocycles. The van der Waals surface area contributed by atoms with Gasteiger partial charge in [0.2, 0.25) is 0 Å². The van der Waals surface area contributed by atoms with Crippen LogP contribution in [-0.2, 0) is 11.2 Å². The van der Waals surface area contributed by atoms with E-state index >= 15 is 0 Å². The van der Waals surface area contributed by atoms with Crippen molar-refractivity contribution in [2.45, 2.75) is 29.8 Å². The Labute approximate surface area is 132 Å². The molecule has 0 aromatic heterocycles. The molecule has 1 aromatic carbocycles. The van der Waals surface area contributed by atoms with E-state index in [1.54, 1.807) is 4.90 Å². The lowest BCUT2D eigenvalue weighted by Gasteiger charge is -2.28. The Hall–Kier alpha value is -2.20. The normalized spacial score (nSPS) is 30.0. The molecule has 22 heavy (non-hydrogen) atoms. The van der Waals surface area contributed by atoms with Gasteiger partial charge in [0, 0.05) is 18.6 Å². The molecule has 0 radical (unpaired) electrons. The van der Waals surface area contributed by atoms with Gasteiger partial charge in [0.1, 0.15) is 11.6 Å². The van der Waals surface area contributed by atoms with Crippen LogP contribution in [0.2, 0.25) is 0 Å². The van der Waals surface area contributed by atoms with Crippen LogP contribution in [0.5, 0.6) is 0 Å². The predicted octanol–water partition coefficient (Wildman–Crippen LogP) is 1.43. The molecule has 0 aliphatic carbocycles. The summed E-state index contributed by atoms with van der Waals surface area (Å²) < 4.78 is 0. The van der Waals surface area contributed by atoms with Gasteiger partial charge in [0.05, 0.1) is 11.4 Å². The number of carbonyl (C=O) groups excluding carboxylic acids is 1. The van der Waals surface area contributed by atoms with E-state index in [0.717, 1.165) is 5.56 Å². The Kier molecular flexibility index (Phi) is 3.71. The van der Waals surface area contributed by atoms with Gasteiger partial charge in [-0.05, 0) is 5.56 Å². The molecular weight excluding hydrogens is 302 g/mol. The van der Waals surface area contributed by atoms with Crippen molar-refractivity contribution in [1.82, 2.24) is 10.2 Å². The molecule has 2 amide bonds. The van der Waals surface area contributed by atoms with Gasteiger partial charge in [-0.15, -0.1) is 11.8 Å². The summed E-state index contributed by atoms with van der Waals surface area (Å²) in [5, 5.41) is 20.6. The largest absolute Gasteiger partial charge is 0.465 e. The molecule has 0 unspecified atom stereocenters. The third-order valence-electron chi connectivity index (χ3n) is 4.10. The third kappa shape index (κ3) is 2.40. The lowest BCUT2D eigenvalue weighted by Crippen LogP contribution is -2.56. The monoisotopic (exact) mass is 317 g/mol. The van der Waals surface area contributed by atoms with Gasteiger partial charge in [-0.2, -0.15) is 5.26 Å². The van der Waals surface area contributed by atoms with E-state index in [0.29, 0.717) is 18.6 Å². The van der Waals surface area contributed by atoms with Crippen LogP contribution in [0.4, 0.5) is 4.79 Å². The number of nitrogens with zero attached hydrogens (tertiary/aromatic N) is 2. The number of fused-ring (bicyclic) bond motifs is 1. The van der Waals surface area contributed by atoms with Crippen LogP contribution in [0.3, 0.4) is 0 Å². The first-order valence-electron chi connectivity index (χ1n) is 6.95. The van der Waals surface area contributed by atoms with Gasteiger partial charge in [0.25, 0.3) is 5.91 Å². The van der Waals surface area contributed by atoms with E-state index in [9.17, 15) is 14.9 Å². The molecule has 2 N–H and O–H groups in total. The minimum atomic E-state index is -1.22. The van der Waals surface area contributed by atoms with Crippen LogP contribution in [0.15, 0.2) is 30.3 Å². The van der Waals surface area contributed by atoms with Crippen molar-refractivity contribution < 1.29 is 14.7 Å². The first-order chi connectivity index (χ1) is 10.6. The highest BCUT2D eigenvalue weighted by atomic mass is 32.2. The highest BCUT2D eigenvalue weighted by Gasteiger charge is 2.57. The smallest absolute Gasteiger partial charge is 0.405 e. The second kappa shape index (κ2) is 5.54. The number of hydrogen-bond donors (Lipinski definition) is 2. The van der Waals surface area contributed by atoms with E-state index in [1.807, 2.05) is 30.3 Å². The Morgan fingerprint density at radius 1 is 1.50 bits per heavy atom. The first kappa shape index (κ1) is 14.7. The predicted molar refractivity (Wildman–Crippen MR) is 81.1 cm³/mol. The number of rotatable bonds is 3. The molecule has 1 aromatic rings. The van der Waals surface area contributed by atoms with E-state index < -0.39 is 17.7 Å². The number of thioether (sulfide) groups is 1. The number of hydrogen-bond acceptors (Lipinski definition) is 4. The molecule has 114 valence electrons. The summed E-state index contributed by atoms with van der Waals surface area (Å²) in [6, 6.07) is 11.0. The van der Waals surface area contributed by atoms with Gasteiger partial charge in [-0.1, -0.05) is 30.3 Å². The molecule has 7 heteroatoms. The van der Waals surface area contributed by atoms with Crippen LogP contribution in [0.1, 0.15) is 12.0 Å². The van der Waals surface area contributed by atoms with Crippen molar-refractivity contribution in [3.8, 4) is 6.07 Å². The zero-order valence-corrected chi connectivity index (χ0v) is 12.5. The zero-order chi connectivity index (χ0) is 15.7. The number of amides is 2. The molecule has 2 fully saturated rings. The Bertz CT molecular complexity index is 645. The van der Waals surface area contributed by atoms with Gasteiger partial charge in [0.15, 0.2) is 0 Å². The number of carbonyl (C=O) groups is 2. The fourth-order valence-corrected chi connectivity index (χ4v) is 4.62. The van der Waals surface area contributed by atoms with Crippen molar-refractivity contribution in [3.63, 3.8) is 0 Å². The zero-order valence-electron chi connectivity index (χ0n) is 11.7. The summed E-state index contributed by atoms with van der Waals surface area (Å²) in [4.78, 5) is 25.6. The standard InChI is InChI=1S/C15H15N3O3S/c16-8-11-9-22-12-7-15(17-14(20)21,13(19)18(11)12)6-10-4-2-1-3-5-10/h1-5,11-12,17H,6-7,9H2,(H,20,21)/t11-,12+,15-/m1/s1.